The first kappa shape index (κ1) is 15.2. The first-order valence-corrected chi connectivity index (χ1v) is 6.34. The van der Waals surface area contributed by atoms with E-state index in [0.717, 1.165) is 12.8 Å². The molecule has 0 atom stereocenters. The van der Waals surface area contributed by atoms with Gasteiger partial charge in [0, 0.05) is 31.2 Å². The summed E-state index contributed by atoms with van der Waals surface area (Å²) < 4.78 is 65.9. The van der Waals surface area contributed by atoms with Crippen molar-refractivity contribution in [2.75, 3.05) is 20.1 Å². The summed E-state index contributed by atoms with van der Waals surface area (Å²) in [4.78, 5) is 1.51. The largest absolute Gasteiger partial charge is 0.313 e. The molecule has 2 rings (SSSR count). The summed E-state index contributed by atoms with van der Waals surface area (Å²) in [5.41, 5.74) is -0.796. The van der Waals surface area contributed by atoms with Gasteiger partial charge >= 0.3 is 0 Å². The van der Waals surface area contributed by atoms with Gasteiger partial charge in [-0.1, -0.05) is 0 Å². The maximum Gasteiger partial charge on any atom is 0.200 e. The maximum absolute atomic E-state index is 13.5. The highest BCUT2D eigenvalue weighted by Crippen LogP contribution is 2.24. The lowest BCUT2D eigenvalue weighted by Crippen LogP contribution is -2.30. The van der Waals surface area contributed by atoms with Crippen LogP contribution < -0.4 is 5.32 Å². The third-order valence-electron chi connectivity index (χ3n) is 3.23. The van der Waals surface area contributed by atoms with Gasteiger partial charge in [0.1, 0.15) is 0 Å². The van der Waals surface area contributed by atoms with Crippen LogP contribution in [0.1, 0.15) is 18.4 Å². The molecular weight excluding hydrogens is 279 g/mol. The van der Waals surface area contributed by atoms with Gasteiger partial charge < -0.3 is 10.2 Å². The van der Waals surface area contributed by atoms with Crippen molar-refractivity contribution in [3.8, 4) is 0 Å². The highest BCUT2D eigenvalue weighted by molar-refractivity contribution is 5.24. The molecule has 0 unspecified atom stereocenters. The van der Waals surface area contributed by atoms with Gasteiger partial charge in [0.15, 0.2) is 23.3 Å². The van der Waals surface area contributed by atoms with Crippen molar-refractivity contribution < 1.29 is 22.0 Å². The zero-order valence-electron chi connectivity index (χ0n) is 10.9. The molecule has 0 radical (unpaired) electrons. The lowest BCUT2D eigenvalue weighted by Gasteiger charge is -2.18. The van der Waals surface area contributed by atoms with Crippen molar-refractivity contribution in [2.45, 2.75) is 25.4 Å². The van der Waals surface area contributed by atoms with Gasteiger partial charge in [-0.25, -0.2) is 22.0 Å². The predicted molar refractivity (Wildman–Crippen MR) is 63.6 cm³/mol. The summed E-state index contributed by atoms with van der Waals surface area (Å²) in [6.07, 6.45) is 2.22. The van der Waals surface area contributed by atoms with Crippen LogP contribution in [0.5, 0.6) is 0 Å². The normalized spacial score (nSPS) is 15.2. The van der Waals surface area contributed by atoms with Crippen molar-refractivity contribution in [2.24, 2.45) is 0 Å². The van der Waals surface area contributed by atoms with E-state index in [1.807, 2.05) is 0 Å². The SMILES string of the molecule is CN(CCNC1CC1)Cc1c(F)c(F)c(F)c(F)c1F. The van der Waals surface area contributed by atoms with Crippen LogP contribution in [0.4, 0.5) is 22.0 Å². The van der Waals surface area contributed by atoms with Crippen LogP contribution in [0.2, 0.25) is 0 Å². The number of nitrogens with one attached hydrogen (secondary N) is 1. The van der Waals surface area contributed by atoms with Gasteiger partial charge in [-0.05, 0) is 19.9 Å². The molecule has 0 heterocycles. The molecular formula is C13H15F5N2. The van der Waals surface area contributed by atoms with E-state index in [1.54, 1.807) is 7.05 Å². The minimum absolute atomic E-state index is 0.335. The lowest BCUT2D eigenvalue weighted by molar-refractivity contribution is 0.298. The van der Waals surface area contributed by atoms with E-state index >= 15 is 0 Å². The molecule has 0 aromatic heterocycles. The van der Waals surface area contributed by atoms with Gasteiger partial charge in [0.25, 0.3) is 0 Å². The van der Waals surface area contributed by atoms with E-state index < -0.39 is 34.6 Å². The van der Waals surface area contributed by atoms with E-state index in [0.29, 0.717) is 19.1 Å². The highest BCUT2D eigenvalue weighted by atomic mass is 19.2. The van der Waals surface area contributed by atoms with Crippen LogP contribution in [0, 0.1) is 29.1 Å². The molecule has 0 amide bonds. The fourth-order valence-electron chi connectivity index (χ4n) is 1.89. The number of nitrogens with zero attached hydrogens (tertiary/aromatic N) is 1. The van der Waals surface area contributed by atoms with Crippen LogP contribution in [0.15, 0.2) is 0 Å². The summed E-state index contributed by atoms with van der Waals surface area (Å²) in [5.74, 6) is -9.44. The van der Waals surface area contributed by atoms with E-state index in [9.17, 15) is 22.0 Å². The molecule has 0 spiro atoms. The van der Waals surface area contributed by atoms with Crippen molar-refractivity contribution in [1.82, 2.24) is 10.2 Å². The Balaban J connectivity index is 2.03. The Morgan fingerprint density at radius 3 is 1.95 bits per heavy atom. The fourth-order valence-corrected chi connectivity index (χ4v) is 1.89. The summed E-state index contributed by atoms with van der Waals surface area (Å²) in [7, 11) is 1.56. The average Bonchev–Trinajstić information content (AvgIpc) is 3.23. The third-order valence-corrected chi connectivity index (χ3v) is 3.23. The number of likely N-dealkylation sites (N-methyl/N-ethyl adjacent to an activating group) is 1. The van der Waals surface area contributed by atoms with Crippen LogP contribution in [0.25, 0.3) is 0 Å². The first-order valence-electron chi connectivity index (χ1n) is 6.34. The zero-order valence-corrected chi connectivity index (χ0v) is 10.9. The van der Waals surface area contributed by atoms with Crippen molar-refractivity contribution >= 4 is 0 Å². The van der Waals surface area contributed by atoms with E-state index in [1.165, 1.54) is 4.90 Å². The first-order chi connectivity index (χ1) is 9.41. The van der Waals surface area contributed by atoms with Crippen molar-refractivity contribution in [3.05, 3.63) is 34.6 Å². The van der Waals surface area contributed by atoms with E-state index in [2.05, 4.69) is 5.32 Å². The summed E-state index contributed by atoms with van der Waals surface area (Å²) >= 11 is 0. The molecule has 1 fully saturated rings. The molecule has 0 saturated heterocycles. The Bertz CT molecular complexity index is 473. The predicted octanol–water partition coefficient (Wildman–Crippen LogP) is 2.57. The molecule has 112 valence electrons. The van der Waals surface area contributed by atoms with Crippen molar-refractivity contribution in [3.63, 3.8) is 0 Å². The van der Waals surface area contributed by atoms with Gasteiger partial charge in [-0.3, -0.25) is 0 Å². The second-order valence-corrected chi connectivity index (χ2v) is 5.01. The molecule has 1 aliphatic carbocycles. The smallest absolute Gasteiger partial charge is 0.200 e. The Hall–Kier alpha value is -1.21. The monoisotopic (exact) mass is 294 g/mol. The van der Waals surface area contributed by atoms with Crippen LogP contribution in [0.3, 0.4) is 0 Å². The molecule has 1 aromatic rings. The number of hydrogen-bond acceptors (Lipinski definition) is 2. The minimum Gasteiger partial charge on any atom is -0.313 e. The van der Waals surface area contributed by atoms with E-state index in [4.69, 9.17) is 0 Å². The Labute approximate surface area is 113 Å². The second kappa shape index (κ2) is 6.05. The molecule has 2 nitrogen and oxygen atoms in total. The quantitative estimate of drug-likeness (QED) is 0.493. The fraction of sp³-hybridized carbons (Fsp3) is 0.538. The number of benzene rings is 1. The summed E-state index contributed by atoms with van der Waals surface area (Å²) in [6.45, 7) is 0.727. The molecule has 1 N–H and O–H groups in total. The maximum atomic E-state index is 13.5. The Morgan fingerprint density at radius 1 is 0.950 bits per heavy atom. The third kappa shape index (κ3) is 3.27. The van der Waals surface area contributed by atoms with Crippen LogP contribution in [-0.2, 0) is 6.54 Å². The van der Waals surface area contributed by atoms with E-state index in [-0.39, 0.29) is 6.54 Å². The number of rotatable bonds is 6. The average molecular weight is 294 g/mol. The molecule has 1 saturated carbocycles. The van der Waals surface area contributed by atoms with Gasteiger partial charge in [-0.15, -0.1) is 0 Å². The van der Waals surface area contributed by atoms with Crippen LogP contribution in [-0.4, -0.2) is 31.1 Å². The topological polar surface area (TPSA) is 15.3 Å². The summed E-state index contributed by atoms with van der Waals surface area (Å²) in [6, 6.07) is 0.498. The molecule has 7 heteroatoms. The van der Waals surface area contributed by atoms with Gasteiger partial charge in [0.05, 0.1) is 0 Å². The van der Waals surface area contributed by atoms with Gasteiger partial charge in [-0.2, -0.15) is 0 Å². The molecule has 20 heavy (non-hydrogen) atoms. The second-order valence-electron chi connectivity index (χ2n) is 5.01. The Kier molecular flexibility index (Phi) is 4.59. The van der Waals surface area contributed by atoms with Crippen molar-refractivity contribution in [1.29, 1.82) is 0 Å². The highest BCUT2D eigenvalue weighted by Gasteiger charge is 2.26. The molecule has 1 aromatic carbocycles. The zero-order chi connectivity index (χ0) is 14.9. The molecule has 0 bridgehead atoms. The van der Waals surface area contributed by atoms with Crippen LogP contribution >= 0.6 is 0 Å². The standard InChI is InChI=1S/C13H15F5N2/c1-20(5-4-19-7-2-3-7)6-8-9(14)11(16)13(18)12(17)10(8)15/h7,19H,2-6H2,1H3. The lowest BCUT2D eigenvalue weighted by atomic mass is 10.1. The number of halogens is 5. The summed E-state index contributed by atoms with van der Waals surface area (Å²) in [5, 5.41) is 3.20. The Morgan fingerprint density at radius 2 is 1.45 bits per heavy atom. The minimum atomic E-state index is -2.12. The van der Waals surface area contributed by atoms with Gasteiger partial charge in [0.2, 0.25) is 5.82 Å². The molecule has 0 aliphatic heterocycles. The molecule has 1 aliphatic rings. The number of hydrogen-bond donors (Lipinski definition) is 1.